The fourth-order valence-electron chi connectivity index (χ4n) is 4.72. The molecule has 36 heavy (non-hydrogen) atoms. The predicted molar refractivity (Wildman–Crippen MR) is 138 cm³/mol. The molecule has 2 aromatic heterocycles. The van der Waals surface area contributed by atoms with Gasteiger partial charge in [0.05, 0.1) is 16.1 Å². The van der Waals surface area contributed by atoms with Crippen molar-refractivity contribution in [1.29, 1.82) is 0 Å². The van der Waals surface area contributed by atoms with Crippen LogP contribution in [0.5, 0.6) is 0 Å². The summed E-state index contributed by atoms with van der Waals surface area (Å²) in [5.41, 5.74) is 2.35. The van der Waals surface area contributed by atoms with Crippen molar-refractivity contribution in [3.05, 3.63) is 89.2 Å². The quantitative estimate of drug-likeness (QED) is 0.345. The van der Waals surface area contributed by atoms with Gasteiger partial charge in [-0.2, -0.15) is 0 Å². The van der Waals surface area contributed by atoms with Crippen molar-refractivity contribution in [2.75, 3.05) is 31.1 Å². The van der Waals surface area contributed by atoms with Gasteiger partial charge in [0, 0.05) is 37.1 Å². The third kappa shape index (κ3) is 3.83. The topological polar surface area (TPSA) is 66.6 Å². The molecule has 9 heteroatoms. The number of carbonyl (C=O) groups excluding carboxylic acids is 1. The van der Waals surface area contributed by atoms with Crippen LogP contribution in [0.25, 0.3) is 27.9 Å². The summed E-state index contributed by atoms with van der Waals surface area (Å²) in [4.78, 5) is 21.9. The summed E-state index contributed by atoms with van der Waals surface area (Å²) in [7, 11) is 0. The highest BCUT2D eigenvalue weighted by molar-refractivity contribution is 6.33. The fraction of sp³-hybridized carbons (Fsp3) is 0.185. The van der Waals surface area contributed by atoms with E-state index in [1.807, 2.05) is 52.9 Å². The molecule has 0 spiro atoms. The van der Waals surface area contributed by atoms with E-state index in [0.717, 1.165) is 16.5 Å². The molecule has 0 saturated carbocycles. The van der Waals surface area contributed by atoms with Crippen LogP contribution >= 0.6 is 11.6 Å². The first kappa shape index (κ1) is 22.4. The molecule has 1 fully saturated rings. The number of anilines is 1. The van der Waals surface area contributed by atoms with E-state index in [1.165, 1.54) is 12.1 Å². The minimum absolute atomic E-state index is 0.0944. The lowest BCUT2D eigenvalue weighted by atomic mass is 10.2. The molecule has 3 aromatic carbocycles. The number of para-hydroxylation sites is 1. The number of hydrogen-bond acceptors (Lipinski definition) is 5. The number of halogens is 2. The molecule has 5 aromatic rings. The molecule has 6 rings (SSSR count). The molecule has 0 bridgehead atoms. The molecule has 0 unspecified atom stereocenters. The Balaban J connectivity index is 1.42. The van der Waals surface area contributed by atoms with Crippen molar-refractivity contribution in [3.63, 3.8) is 0 Å². The zero-order valence-electron chi connectivity index (χ0n) is 19.3. The summed E-state index contributed by atoms with van der Waals surface area (Å²) in [5.74, 6) is 0.485. The minimum Gasteiger partial charge on any atom is -0.340 e. The Morgan fingerprint density at radius 3 is 2.50 bits per heavy atom. The van der Waals surface area contributed by atoms with Gasteiger partial charge in [-0.1, -0.05) is 48.0 Å². The minimum atomic E-state index is -0.504. The van der Waals surface area contributed by atoms with Gasteiger partial charge in [-0.15, -0.1) is 10.2 Å². The summed E-state index contributed by atoms with van der Waals surface area (Å²) in [6.07, 6.45) is 0.708. The van der Waals surface area contributed by atoms with Gasteiger partial charge >= 0.3 is 0 Å². The molecule has 1 saturated heterocycles. The third-order valence-corrected chi connectivity index (χ3v) is 6.84. The molecule has 0 aliphatic carbocycles. The van der Waals surface area contributed by atoms with E-state index >= 15 is 0 Å². The van der Waals surface area contributed by atoms with E-state index in [2.05, 4.69) is 15.1 Å². The molecular weight excluding hydrogens is 479 g/mol. The van der Waals surface area contributed by atoms with Crippen molar-refractivity contribution in [3.8, 4) is 11.4 Å². The third-order valence-electron chi connectivity index (χ3n) is 6.51. The lowest BCUT2D eigenvalue weighted by Gasteiger charge is -2.24. The van der Waals surface area contributed by atoms with Crippen LogP contribution in [-0.2, 0) is 0 Å². The summed E-state index contributed by atoms with van der Waals surface area (Å²) in [5, 5.41) is 10.5. The summed E-state index contributed by atoms with van der Waals surface area (Å²) in [6, 6.07) is 21.5. The monoisotopic (exact) mass is 500 g/mol. The Morgan fingerprint density at radius 1 is 0.861 bits per heavy atom. The van der Waals surface area contributed by atoms with Crippen LogP contribution in [0.15, 0.2) is 72.8 Å². The Kier molecular flexibility index (Phi) is 5.73. The number of hydrogen-bond donors (Lipinski definition) is 0. The molecule has 0 radical (unpaired) electrons. The summed E-state index contributed by atoms with van der Waals surface area (Å²) < 4.78 is 16.2. The van der Waals surface area contributed by atoms with Gasteiger partial charge in [-0.25, -0.2) is 13.8 Å². The molecule has 1 aliphatic rings. The second-order valence-corrected chi connectivity index (χ2v) is 9.11. The molecular formula is C27H22ClFN6O. The first-order chi connectivity index (χ1) is 17.6. The lowest BCUT2D eigenvalue weighted by Crippen LogP contribution is -2.36. The normalized spacial score (nSPS) is 14.4. The molecule has 0 N–H and O–H groups in total. The van der Waals surface area contributed by atoms with Gasteiger partial charge < -0.3 is 9.80 Å². The zero-order chi connectivity index (χ0) is 24.6. The second-order valence-electron chi connectivity index (χ2n) is 8.70. The number of fused-ring (bicyclic) bond motifs is 3. The van der Waals surface area contributed by atoms with Crippen LogP contribution < -0.4 is 4.90 Å². The van der Waals surface area contributed by atoms with E-state index in [1.54, 1.807) is 17.0 Å². The maximum absolute atomic E-state index is 14.3. The maximum Gasteiger partial charge on any atom is 0.256 e. The van der Waals surface area contributed by atoms with E-state index < -0.39 is 5.82 Å². The largest absolute Gasteiger partial charge is 0.340 e. The van der Waals surface area contributed by atoms with Crippen molar-refractivity contribution in [2.45, 2.75) is 6.42 Å². The van der Waals surface area contributed by atoms with Gasteiger partial charge in [0.1, 0.15) is 5.82 Å². The van der Waals surface area contributed by atoms with Crippen LogP contribution in [-0.4, -0.2) is 56.6 Å². The van der Waals surface area contributed by atoms with Crippen molar-refractivity contribution in [1.82, 2.24) is 24.5 Å². The van der Waals surface area contributed by atoms with Crippen LogP contribution in [0.2, 0.25) is 5.02 Å². The number of aromatic nitrogens is 4. The number of amides is 1. The standard InChI is InChI=1S/C27H22ClFN6O/c28-21-11-4-1-8-18(21)24-31-32-25-20-10-3-6-13-23(20)30-27(35(24)25)34-15-7-14-33(16-17-34)26(36)19-9-2-5-12-22(19)29/h1-6,8-13H,7,14-17H2. The SMILES string of the molecule is O=C(c1ccccc1F)N1CCCN(c2nc3ccccc3c3nnc(-c4ccccc4Cl)n23)CC1. The number of rotatable bonds is 3. The molecule has 0 atom stereocenters. The van der Waals surface area contributed by atoms with Crippen molar-refractivity contribution < 1.29 is 9.18 Å². The Bertz CT molecular complexity index is 1600. The van der Waals surface area contributed by atoms with Crippen molar-refractivity contribution >= 4 is 40.0 Å². The molecule has 3 heterocycles. The first-order valence-electron chi connectivity index (χ1n) is 11.8. The zero-order valence-corrected chi connectivity index (χ0v) is 20.1. The van der Waals surface area contributed by atoms with Gasteiger partial charge in [-0.3, -0.25) is 4.79 Å². The fourth-order valence-corrected chi connectivity index (χ4v) is 4.94. The van der Waals surface area contributed by atoms with Crippen LogP contribution in [0.4, 0.5) is 10.3 Å². The second kappa shape index (κ2) is 9.20. The number of benzene rings is 3. The van der Waals surface area contributed by atoms with Gasteiger partial charge in [0.25, 0.3) is 5.91 Å². The number of nitrogens with zero attached hydrogens (tertiary/aromatic N) is 6. The summed E-state index contributed by atoms with van der Waals surface area (Å²) in [6.45, 7) is 2.16. The van der Waals surface area contributed by atoms with E-state index in [-0.39, 0.29) is 11.5 Å². The van der Waals surface area contributed by atoms with Crippen molar-refractivity contribution in [2.24, 2.45) is 0 Å². The highest BCUT2D eigenvalue weighted by atomic mass is 35.5. The smallest absolute Gasteiger partial charge is 0.256 e. The Hall–Kier alpha value is -4.04. The molecule has 7 nitrogen and oxygen atoms in total. The number of carbonyl (C=O) groups is 1. The maximum atomic E-state index is 14.3. The van der Waals surface area contributed by atoms with E-state index in [9.17, 15) is 9.18 Å². The van der Waals surface area contributed by atoms with Crippen LogP contribution in [0.3, 0.4) is 0 Å². The molecule has 1 amide bonds. The van der Waals surface area contributed by atoms with Crippen LogP contribution in [0, 0.1) is 5.82 Å². The average Bonchev–Trinajstić information content (AvgIpc) is 3.19. The molecule has 180 valence electrons. The highest BCUT2D eigenvalue weighted by Crippen LogP contribution is 2.32. The Morgan fingerprint density at radius 2 is 1.64 bits per heavy atom. The van der Waals surface area contributed by atoms with Crippen LogP contribution in [0.1, 0.15) is 16.8 Å². The first-order valence-corrected chi connectivity index (χ1v) is 12.2. The van der Waals surface area contributed by atoms with E-state index in [0.29, 0.717) is 55.0 Å². The summed E-state index contributed by atoms with van der Waals surface area (Å²) >= 11 is 6.53. The molecule has 1 aliphatic heterocycles. The van der Waals surface area contributed by atoms with E-state index in [4.69, 9.17) is 16.6 Å². The highest BCUT2D eigenvalue weighted by Gasteiger charge is 2.26. The van der Waals surface area contributed by atoms with Gasteiger partial charge in [0.15, 0.2) is 11.5 Å². The lowest BCUT2D eigenvalue weighted by molar-refractivity contribution is 0.0762. The van der Waals surface area contributed by atoms with Gasteiger partial charge in [-0.05, 0) is 42.8 Å². The predicted octanol–water partition coefficient (Wildman–Crippen LogP) is 5.09. The Labute approximate surface area is 211 Å². The van der Waals surface area contributed by atoms with Gasteiger partial charge in [0.2, 0.25) is 5.95 Å². The average molecular weight is 501 g/mol.